The Labute approximate surface area is 373 Å². The van der Waals surface area contributed by atoms with Gasteiger partial charge in [-0.25, -0.2) is 4.79 Å². The highest BCUT2D eigenvalue weighted by molar-refractivity contribution is 6.06. The molecule has 5 unspecified atom stereocenters. The van der Waals surface area contributed by atoms with Gasteiger partial charge in [-0.2, -0.15) is 0 Å². The Kier molecular flexibility index (Phi) is 24.5. The quantitative estimate of drug-likeness (QED) is 0.0448. The number of rotatable bonds is 18. The summed E-state index contributed by atoms with van der Waals surface area (Å²) in [6.45, 7) is 3.95. The van der Waals surface area contributed by atoms with E-state index in [1.54, 1.807) is 5.32 Å². The molecule has 0 aromatic carbocycles. The van der Waals surface area contributed by atoms with E-state index in [0.29, 0.717) is 6.42 Å². The van der Waals surface area contributed by atoms with Crippen LogP contribution in [0, 0.1) is 5.92 Å². The molecule has 368 valence electrons. The predicted molar refractivity (Wildman–Crippen MR) is 222 cm³/mol. The summed E-state index contributed by atoms with van der Waals surface area (Å²) in [5.74, 6) is -16.0. The van der Waals surface area contributed by atoms with Crippen LogP contribution in [0.5, 0.6) is 0 Å². The van der Waals surface area contributed by atoms with Gasteiger partial charge in [0.2, 0.25) is 53.3 Å². The SMILES string of the molecule is CCCCCCCCC(=O)NC(C)C(=O)NC[C@@H]1NC(=O)C(C(=O)O)NC(=O)[C@@H](O)CNC(=O)[C@H]([C@@H](C)O)NC(=O)C(C(O)C(O)C(N)=O)NC(=O)[C@H](C(C)C)NC(=O)[C@H](CO)NC1=O. The Bertz CT molecular complexity index is 1720. The van der Waals surface area contributed by atoms with Gasteiger partial charge in [0.15, 0.2) is 6.10 Å². The van der Waals surface area contributed by atoms with Gasteiger partial charge in [-0.15, -0.1) is 0 Å². The van der Waals surface area contributed by atoms with Crippen molar-refractivity contribution in [3.05, 3.63) is 0 Å². The fraction of sp³-hybridized carbons (Fsp3) is 0.711. The van der Waals surface area contributed by atoms with Crippen molar-refractivity contribution in [2.45, 2.75) is 146 Å². The Morgan fingerprint density at radius 1 is 0.692 bits per heavy atom. The van der Waals surface area contributed by atoms with E-state index in [9.17, 15) is 83.4 Å². The first kappa shape index (κ1) is 57.0. The van der Waals surface area contributed by atoms with E-state index in [4.69, 9.17) is 5.73 Å². The number of β-amino-alcohol motifs (C(OH)–C–C–N with tert-alkyl or cyclic N) is 1. The molecule has 1 aliphatic rings. The summed E-state index contributed by atoms with van der Waals surface area (Å²) in [5, 5.41) is 80.5. The Balaban J connectivity index is 3.65. The zero-order chi connectivity index (χ0) is 49.7. The summed E-state index contributed by atoms with van der Waals surface area (Å²) < 4.78 is 0. The monoisotopic (exact) mass is 932 g/mol. The summed E-state index contributed by atoms with van der Waals surface area (Å²) in [6.07, 6.45) is -3.76. The Hall–Kier alpha value is -6.03. The molecule has 0 spiro atoms. The van der Waals surface area contributed by atoms with Crippen LogP contribution in [0.3, 0.4) is 0 Å². The number of primary amides is 1. The third-order valence-electron chi connectivity index (χ3n) is 9.87. The van der Waals surface area contributed by atoms with Crippen LogP contribution in [0.25, 0.3) is 0 Å². The molecule has 65 heavy (non-hydrogen) atoms. The molecule has 1 aliphatic heterocycles. The highest BCUT2D eigenvalue weighted by Gasteiger charge is 2.41. The van der Waals surface area contributed by atoms with Crippen molar-refractivity contribution in [1.82, 2.24) is 47.9 Å². The molecule has 0 aromatic rings. The Morgan fingerprint density at radius 3 is 1.78 bits per heavy atom. The van der Waals surface area contributed by atoms with Gasteiger partial charge >= 0.3 is 5.97 Å². The van der Waals surface area contributed by atoms with Gasteiger partial charge in [0, 0.05) is 13.0 Å². The van der Waals surface area contributed by atoms with Crippen molar-refractivity contribution in [3.8, 4) is 0 Å². The molecular weight excluding hydrogens is 868 g/mol. The number of unbranched alkanes of at least 4 members (excludes halogenated alkanes) is 5. The van der Waals surface area contributed by atoms with E-state index in [1.807, 2.05) is 21.3 Å². The number of carboxylic acids is 1. The third-order valence-corrected chi connectivity index (χ3v) is 9.87. The first-order valence-electron chi connectivity index (χ1n) is 20.9. The lowest BCUT2D eigenvalue weighted by Gasteiger charge is -2.31. The van der Waals surface area contributed by atoms with Crippen LogP contribution in [0.2, 0.25) is 0 Å². The summed E-state index contributed by atoms with van der Waals surface area (Å²) in [7, 11) is 0. The lowest BCUT2D eigenvalue weighted by atomic mass is 9.99. The molecule has 11 atom stereocenters. The molecule has 10 amide bonds. The number of carboxylic acid groups (broad SMARTS) is 1. The second-order valence-corrected chi connectivity index (χ2v) is 15.7. The second kappa shape index (κ2) is 28.0. The maximum Gasteiger partial charge on any atom is 0.336 e. The van der Waals surface area contributed by atoms with Crippen molar-refractivity contribution >= 4 is 65.0 Å². The lowest BCUT2D eigenvalue weighted by molar-refractivity contribution is -0.148. The zero-order valence-electron chi connectivity index (χ0n) is 36.8. The van der Waals surface area contributed by atoms with Crippen molar-refractivity contribution in [1.29, 1.82) is 0 Å². The van der Waals surface area contributed by atoms with Crippen LogP contribution in [-0.4, -0.2) is 182 Å². The second-order valence-electron chi connectivity index (χ2n) is 15.7. The molecule has 0 aliphatic carbocycles. The van der Waals surface area contributed by atoms with Gasteiger partial charge in [-0.1, -0.05) is 52.9 Å². The van der Waals surface area contributed by atoms with E-state index >= 15 is 0 Å². The van der Waals surface area contributed by atoms with Crippen LogP contribution < -0.4 is 53.6 Å². The van der Waals surface area contributed by atoms with Crippen molar-refractivity contribution in [3.63, 3.8) is 0 Å². The van der Waals surface area contributed by atoms with E-state index < -0.39 is 157 Å². The average molecular weight is 933 g/mol. The summed E-state index contributed by atoms with van der Waals surface area (Å²) in [4.78, 5) is 143. The van der Waals surface area contributed by atoms with Gasteiger partial charge in [-0.3, -0.25) is 47.9 Å². The van der Waals surface area contributed by atoms with E-state index in [2.05, 4.69) is 28.2 Å². The number of hydrogen-bond acceptors (Lipinski definition) is 16. The van der Waals surface area contributed by atoms with Gasteiger partial charge in [0.25, 0.3) is 11.8 Å². The molecular formula is C38H64N10O17. The highest BCUT2D eigenvalue weighted by Crippen LogP contribution is 2.10. The molecule has 1 heterocycles. The van der Waals surface area contributed by atoms with Crippen LogP contribution >= 0.6 is 0 Å². The van der Waals surface area contributed by atoms with Gasteiger partial charge in [-0.05, 0) is 26.2 Å². The fourth-order valence-corrected chi connectivity index (χ4v) is 5.95. The summed E-state index contributed by atoms with van der Waals surface area (Å²) in [6, 6.07) is -13.9. The van der Waals surface area contributed by atoms with Gasteiger partial charge in [0.05, 0.1) is 19.3 Å². The molecule has 1 saturated heterocycles. The molecule has 27 heteroatoms. The highest BCUT2D eigenvalue weighted by atomic mass is 16.4. The maximum atomic E-state index is 13.7. The topological polar surface area (TPSA) is 443 Å². The molecule has 0 radical (unpaired) electrons. The molecule has 17 N–H and O–H groups in total. The minimum absolute atomic E-state index is 0.108. The molecule has 0 bridgehead atoms. The van der Waals surface area contributed by atoms with Gasteiger partial charge in [0.1, 0.15) is 48.5 Å². The number of hydrogen-bond donors (Lipinski definition) is 16. The normalized spacial score (nSPS) is 25.2. The standard InChI is InChI=1S/C38H64N10O17/c1-6-7-8-9-10-11-12-22(52)42-17(4)30(56)40-13-19-31(57)44-20(15-49)32(58)45-23(16(2)3)35(61)47-25(27(53)28(54)29(39)55)36(62)46-24(18(5)50)34(60)41-14-21(51)33(59)48-26(38(64)65)37(63)43-19/h16-21,23-28,49-51,53-54H,6-15H2,1-5H3,(H2,39,55)(H,40,56)(H,41,60)(H,42,52)(H,43,63)(H,44,57)(H,45,58)(H,46,62)(H,47,61)(H,48,59)(H,64,65)/t17?,18-,19+,20+,21+,23+,24+,25?,26?,27?,28?/m1/s1. The zero-order valence-corrected chi connectivity index (χ0v) is 36.8. The molecule has 1 fully saturated rings. The van der Waals surface area contributed by atoms with Crippen molar-refractivity contribution in [2.24, 2.45) is 11.7 Å². The number of aliphatic hydroxyl groups is 5. The smallest absolute Gasteiger partial charge is 0.336 e. The van der Waals surface area contributed by atoms with Crippen LogP contribution in [0.1, 0.15) is 79.6 Å². The van der Waals surface area contributed by atoms with Crippen molar-refractivity contribution < 1.29 is 83.4 Å². The van der Waals surface area contributed by atoms with Gasteiger partial charge < -0.3 is 84.2 Å². The van der Waals surface area contributed by atoms with Crippen LogP contribution in [-0.2, 0) is 52.7 Å². The number of aliphatic carboxylic acids is 1. The maximum absolute atomic E-state index is 13.7. The van der Waals surface area contributed by atoms with Crippen LogP contribution in [0.4, 0.5) is 0 Å². The summed E-state index contributed by atoms with van der Waals surface area (Å²) >= 11 is 0. The van der Waals surface area contributed by atoms with E-state index in [-0.39, 0.29) is 6.42 Å². The number of amides is 10. The number of nitrogens with one attached hydrogen (secondary N) is 9. The van der Waals surface area contributed by atoms with E-state index in [1.165, 1.54) is 20.8 Å². The first-order valence-corrected chi connectivity index (χ1v) is 20.9. The predicted octanol–water partition coefficient (Wildman–Crippen LogP) is -7.92. The number of carbonyl (C=O) groups is 11. The minimum Gasteiger partial charge on any atom is -0.479 e. The average Bonchev–Trinajstić information content (AvgIpc) is 3.24. The third kappa shape index (κ3) is 18.9. The van der Waals surface area contributed by atoms with Crippen LogP contribution in [0.15, 0.2) is 0 Å². The van der Waals surface area contributed by atoms with E-state index in [0.717, 1.165) is 39.0 Å². The number of nitrogens with two attached hydrogens (primary N) is 1. The molecule has 0 saturated carbocycles. The number of carbonyl (C=O) groups excluding carboxylic acids is 10. The number of aliphatic hydroxyl groups excluding tert-OH is 5. The largest absolute Gasteiger partial charge is 0.479 e. The first-order chi connectivity index (χ1) is 30.4. The summed E-state index contributed by atoms with van der Waals surface area (Å²) in [5.41, 5.74) is 5.07. The molecule has 0 aromatic heterocycles. The Morgan fingerprint density at radius 2 is 1.23 bits per heavy atom. The fourth-order valence-electron chi connectivity index (χ4n) is 5.95. The van der Waals surface area contributed by atoms with Crippen molar-refractivity contribution in [2.75, 3.05) is 19.7 Å². The minimum atomic E-state index is -2.58. The molecule has 1 rings (SSSR count). The lowest BCUT2D eigenvalue weighted by Crippen LogP contribution is -2.66. The molecule has 27 nitrogen and oxygen atoms in total.